The molecule has 4 rings (SSSR count). The number of methoxy groups -OCH3 is 1. The largest absolute Gasteiger partial charge is 0.496 e. The van der Waals surface area contributed by atoms with Crippen LogP contribution >= 0.6 is 22.6 Å². The molecule has 1 aromatic carbocycles. The average molecular weight is 596 g/mol. The molecule has 3 heterocycles. The number of hydrogen-bond acceptors (Lipinski definition) is 8. The van der Waals surface area contributed by atoms with Gasteiger partial charge in [-0.25, -0.2) is 4.98 Å². The van der Waals surface area contributed by atoms with E-state index in [-0.39, 0.29) is 35.2 Å². The van der Waals surface area contributed by atoms with Crippen molar-refractivity contribution in [2.24, 2.45) is 0 Å². The maximum atomic E-state index is 12.8. The summed E-state index contributed by atoms with van der Waals surface area (Å²) in [5.41, 5.74) is 0.925. The number of nitrogens with zero attached hydrogens (tertiary/aromatic N) is 2. The van der Waals surface area contributed by atoms with Gasteiger partial charge < -0.3 is 24.3 Å². The number of aromatic nitrogens is 2. The van der Waals surface area contributed by atoms with Gasteiger partial charge in [-0.2, -0.15) is 4.98 Å². The molecule has 188 valence electrons. The van der Waals surface area contributed by atoms with E-state index in [1.54, 1.807) is 7.11 Å². The number of nitrogens with one attached hydrogen (secondary N) is 2. The van der Waals surface area contributed by atoms with E-state index >= 15 is 0 Å². The molecule has 2 saturated heterocycles. The number of halogens is 1. The Morgan fingerprint density at radius 3 is 2.26 bits per heavy atom. The van der Waals surface area contributed by atoms with Crippen LogP contribution in [0.3, 0.4) is 0 Å². The summed E-state index contributed by atoms with van der Waals surface area (Å²) < 4.78 is 23.5. The van der Waals surface area contributed by atoms with Crippen molar-refractivity contribution < 1.29 is 28.5 Å². The van der Waals surface area contributed by atoms with Crippen molar-refractivity contribution in [2.45, 2.75) is 57.7 Å². The molecule has 10 nitrogen and oxygen atoms in total. The second-order valence-corrected chi connectivity index (χ2v) is 9.83. The maximum Gasteiger partial charge on any atom is 0.255 e. The second-order valence-electron chi connectivity index (χ2n) is 8.67. The first-order valence-electron chi connectivity index (χ1n) is 11.6. The molecule has 2 amide bonds. The van der Waals surface area contributed by atoms with Gasteiger partial charge in [0.15, 0.2) is 11.6 Å². The first-order chi connectivity index (χ1) is 16.9. The van der Waals surface area contributed by atoms with Gasteiger partial charge >= 0.3 is 0 Å². The quantitative estimate of drug-likeness (QED) is 0.435. The van der Waals surface area contributed by atoms with E-state index in [4.69, 9.17) is 18.9 Å². The number of hydrogen-bond donors (Lipinski definition) is 2. The van der Waals surface area contributed by atoms with Gasteiger partial charge in [-0.05, 0) is 66.3 Å². The summed E-state index contributed by atoms with van der Waals surface area (Å²) in [6.07, 6.45) is 3.26. The average Bonchev–Trinajstić information content (AvgIpc) is 3.55. The lowest BCUT2D eigenvalue weighted by Crippen LogP contribution is -2.29. The lowest BCUT2D eigenvalue weighted by molar-refractivity contribution is -0.125. The molecule has 0 unspecified atom stereocenters. The molecule has 11 heteroatoms. The molecule has 2 aromatic rings. The Labute approximate surface area is 217 Å². The highest BCUT2D eigenvalue weighted by molar-refractivity contribution is 14.1. The van der Waals surface area contributed by atoms with E-state index < -0.39 is 12.2 Å². The van der Waals surface area contributed by atoms with Gasteiger partial charge in [0.1, 0.15) is 23.7 Å². The number of carbonyl (C=O) groups is 2. The summed E-state index contributed by atoms with van der Waals surface area (Å²) >= 11 is 2.18. The molecule has 0 radical (unpaired) electrons. The van der Waals surface area contributed by atoms with Gasteiger partial charge in [0.05, 0.1) is 16.9 Å². The van der Waals surface area contributed by atoms with Crippen molar-refractivity contribution in [3.05, 3.63) is 27.5 Å². The summed E-state index contributed by atoms with van der Waals surface area (Å²) in [7, 11) is 1.62. The van der Waals surface area contributed by atoms with Gasteiger partial charge in [0.25, 0.3) is 11.8 Å². The van der Waals surface area contributed by atoms with Gasteiger partial charge in [0.2, 0.25) is 5.95 Å². The molecule has 2 fully saturated rings. The van der Waals surface area contributed by atoms with E-state index in [2.05, 4.69) is 57.0 Å². The molecule has 0 spiro atoms. The topological polar surface area (TPSA) is 121 Å². The molecular formula is C24H29IN4O6. The standard InChI is InChI=1S/C24H29IN4O6/c1-13(2)14-10-19(32-3)15(25)11-18(14)35-20-12-26-24(29-23(31)17-7-5-9-34-17)28-21(20)27-22(30)16-6-4-8-33-16/h10-13,16-17H,4-9H2,1-3H3,(H2,26,27,28,29,30,31)/t16-,17-/m0/s1. The van der Waals surface area contributed by atoms with Crippen molar-refractivity contribution in [3.63, 3.8) is 0 Å². The number of anilines is 2. The number of benzene rings is 1. The van der Waals surface area contributed by atoms with Crippen LogP contribution in [0.4, 0.5) is 11.8 Å². The Bertz CT molecular complexity index is 1080. The van der Waals surface area contributed by atoms with Crippen molar-refractivity contribution in [3.8, 4) is 17.2 Å². The predicted octanol–water partition coefficient (Wildman–Crippen LogP) is 4.24. The fourth-order valence-corrected chi connectivity index (χ4v) is 4.58. The SMILES string of the molecule is COc1cc(C(C)C)c(Oc2cnc(NC(=O)[C@@H]3CCCO3)nc2NC(=O)[C@@H]2CCCO2)cc1I. The van der Waals surface area contributed by atoms with Gasteiger partial charge in [-0.15, -0.1) is 0 Å². The van der Waals surface area contributed by atoms with Gasteiger partial charge in [0, 0.05) is 18.8 Å². The number of carbonyl (C=O) groups excluding carboxylic acids is 2. The van der Waals surface area contributed by atoms with Crippen LogP contribution in [0.15, 0.2) is 18.3 Å². The van der Waals surface area contributed by atoms with Gasteiger partial charge in [-0.1, -0.05) is 13.8 Å². The zero-order valence-corrected chi connectivity index (χ0v) is 22.1. The Kier molecular flexibility index (Phi) is 8.39. The molecule has 2 aliphatic heterocycles. The van der Waals surface area contributed by atoms with Crippen molar-refractivity contribution >= 4 is 46.2 Å². The summed E-state index contributed by atoms with van der Waals surface area (Å²) in [5, 5.41) is 5.46. The van der Waals surface area contributed by atoms with Crippen molar-refractivity contribution in [1.29, 1.82) is 0 Å². The highest BCUT2D eigenvalue weighted by atomic mass is 127. The van der Waals surface area contributed by atoms with Crippen LogP contribution in [0.25, 0.3) is 0 Å². The number of ether oxygens (including phenoxy) is 4. The number of amides is 2. The zero-order valence-electron chi connectivity index (χ0n) is 19.9. The first-order valence-corrected chi connectivity index (χ1v) is 12.7. The maximum absolute atomic E-state index is 12.8. The van der Waals surface area contributed by atoms with Crippen LogP contribution in [0.5, 0.6) is 17.2 Å². The Balaban J connectivity index is 1.64. The molecule has 2 aliphatic rings. The molecule has 0 aliphatic carbocycles. The van der Waals surface area contributed by atoms with Crippen LogP contribution in [0.2, 0.25) is 0 Å². The summed E-state index contributed by atoms with van der Waals surface area (Å²) in [5.74, 6) is 1.28. The minimum Gasteiger partial charge on any atom is -0.496 e. The van der Waals surface area contributed by atoms with Crippen molar-refractivity contribution in [2.75, 3.05) is 31.0 Å². The molecule has 2 atom stereocenters. The predicted molar refractivity (Wildman–Crippen MR) is 137 cm³/mol. The van der Waals surface area contributed by atoms with E-state index in [0.717, 1.165) is 27.7 Å². The minimum absolute atomic E-state index is 0.0499. The monoisotopic (exact) mass is 596 g/mol. The Morgan fingerprint density at radius 1 is 1.03 bits per heavy atom. The fraction of sp³-hybridized carbons (Fsp3) is 0.500. The minimum atomic E-state index is -0.559. The third-order valence-electron chi connectivity index (χ3n) is 5.80. The van der Waals surface area contributed by atoms with Crippen LogP contribution in [0, 0.1) is 3.57 Å². The van der Waals surface area contributed by atoms with Gasteiger partial charge in [-0.3, -0.25) is 14.9 Å². The second kappa shape index (κ2) is 11.5. The van der Waals surface area contributed by atoms with Crippen LogP contribution in [-0.2, 0) is 19.1 Å². The van der Waals surface area contributed by atoms with Crippen LogP contribution in [-0.4, -0.2) is 54.3 Å². The third kappa shape index (κ3) is 6.19. The molecule has 0 bridgehead atoms. The van der Waals surface area contributed by atoms with Crippen LogP contribution < -0.4 is 20.1 Å². The van der Waals surface area contributed by atoms with Crippen molar-refractivity contribution in [1.82, 2.24) is 9.97 Å². The Morgan fingerprint density at radius 2 is 1.69 bits per heavy atom. The summed E-state index contributed by atoms with van der Waals surface area (Å²) in [4.78, 5) is 33.9. The first kappa shape index (κ1) is 25.6. The summed E-state index contributed by atoms with van der Waals surface area (Å²) in [6.45, 7) is 5.19. The van der Waals surface area contributed by atoms with E-state index in [9.17, 15) is 9.59 Å². The van der Waals surface area contributed by atoms with E-state index in [0.29, 0.717) is 31.8 Å². The lowest BCUT2D eigenvalue weighted by Gasteiger charge is -2.19. The lowest BCUT2D eigenvalue weighted by atomic mass is 10.0. The molecule has 35 heavy (non-hydrogen) atoms. The molecular weight excluding hydrogens is 567 g/mol. The summed E-state index contributed by atoms with van der Waals surface area (Å²) in [6, 6.07) is 3.80. The smallest absolute Gasteiger partial charge is 0.255 e. The fourth-order valence-electron chi connectivity index (χ4n) is 3.92. The van der Waals surface area contributed by atoms with E-state index in [1.165, 1.54) is 6.20 Å². The highest BCUT2D eigenvalue weighted by Gasteiger charge is 2.27. The highest BCUT2D eigenvalue weighted by Crippen LogP contribution is 2.38. The van der Waals surface area contributed by atoms with E-state index in [1.807, 2.05) is 12.1 Å². The number of rotatable bonds is 8. The molecule has 1 aromatic heterocycles. The van der Waals surface area contributed by atoms with Crippen LogP contribution in [0.1, 0.15) is 51.0 Å². The zero-order chi connectivity index (χ0) is 24.9. The normalized spacial score (nSPS) is 19.6. The Hall–Kier alpha value is -2.51. The molecule has 0 saturated carbocycles. The third-order valence-corrected chi connectivity index (χ3v) is 6.65. The molecule has 2 N–H and O–H groups in total.